The van der Waals surface area contributed by atoms with Crippen LogP contribution in [0.3, 0.4) is 0 Å². The summed E-state index contributed by atoms with van der Waals surface area (Å²) in [4.78, 5) is 11.6. The molecule has 0 spiro atoms. The van der Waals surface area contributed by atoms with Crippen molar-refractivity contribution in [1.82, 2.24) is 10.6 Å². The lowest BCUT2D eigenvalue weighted by Crippen LogP contribution is -2.42. The van der Waals surface area contributed by atoms with E-state index in [0.29, 0.717) is 25.1 Å². The van der Waals surface area contributed by atoms with Crippen LogP contribution < -0.4 is 10.6 Å². The third-order valence-electron chi connectivity index (χ3n) is 3.30. The van der Waals surface area contributed by atoms with Gasteiger partial charge in [-0.05, 0) is 18.8 Å². The zero-order valence-corrected chi connectivity index (χ0v) is 11.6. The van der Waals surface area contributed by atoms with Gasteiger partial charge in [0.05, 0.1) is 13.2 Å². The Hall–Kier alpha value is -0.320. The second-order valence-corrected chi connectivity index (χ2v) is 4.44. The molecule has 5 heteroatoms. The van der Waals surface area contributed by atoms with Crippen LogP contribution in [0, 0.1) is 5.92 Å². The van der Waals surface area contributed by atoms with Crippen LogP contribution in [0.5, 0.6) is 0 Å². The first-order valence-electron chi connectivity index (χ1n) is 6.27. The highest BCUT2D eigenvalue weighted by Crippen LogP contribution is 2.27. The summed E-state index contributed by atoms with van der Waals surface area (Å²) in [6, 6.07) is 0.404. The van der Waals surface area contributed by atoms with Gasteiger partial charge in [0, 0.05) is 19.7 Å². The molecule has 4 nitrogen and oxygen atoms in total. The average Bonchev–Trinajstić information content (AvgIpc) is 2.71. The van der Waals surface area contributed by atoms with Crippen LogP contribution in [0.25, 0.3) is 0 Å². The first kappa shape index (κ1) is 16.7. The largest absolute Gasteiger partial charge is 0.383 e. The molecule has 0 aromatic carbocycles. The minimum Gasteiger partial charge on any atom is -0.383 e. The van der Waals surface area contributed by atoms with Crippen LogP contribution in [0.2, 0.25) is 0 Å². The van der Waals surface area contributed by atoms with Crippen LogP contribution in [-0.2, 0) is 9.53 Å². The molecule has 0 bridgehead atoms. The zero-order chi connectivity index (χ0) is 11.8. The van der Waals surface area contributed by atoms with Crippen molar-refractivity contribution in [3.8, 4) is 0 Å². The fourth-order valence-corrected chi connectivity index (χ4v) is 2.35. The van der Waals surface area contributed by atoms with Gasteiger partial charge in [0.25, 0.3) is 0 Å². The van der Waals surface area contributed by atoms with Crippen LogP contribution in [-0.4, -0.2) is 38.8 Å². The Kier molecular flexibility index (Phi) is 9.50. The molecule has 1 aliphatic rings. The minimum atomic E-state index is 0. The van der Waals surface area contributed by atoms with Crippen molar-refractivity contribution in [2.45, 2.75) is 38.6 Å². The van der Waals surface area contributed by atoms with Crippen molar-refractivity contribution in [1.29, 1.82) is 0 Å². The van der Waals surface area contributed by atoms with Crippen molar-refractivity contribution < 1.29 is 9.53 Å². The Morgan fingerprint density at radius 3 is 2.82 bits per heavy atom. The summed E-state index contributed by atoms with van der Waals surface area (Å²) in [5.41, 5.74) is 0. The van der Waals surface area contributed by atoms with E-state index in [-0.39, 0.29) is 18.3 Å². The third kappa shape index (κ3) is 6.24. The number of amides is 1. The van der Waals surface area contributed by atoms with Gasteiger partial charge in [0.1, 0.15) is 0 Å². The van der Waals surface area contributed by atoms with Gasteiger partial charge in [-0.25, -0.2) is 0 Å². The molecule has 2 N–H and O–H groups in total. The molecule has 0 aromatic heterocycles. The van der Waals surface area contributed by atoms with Gasteiger partial charge < -0.3 is 15.4 Å². The van der Waals surface area contributed by atoms with Gasteiger partial charge in [0.2, 0.25) is 5.91 Å². The number of carbonyl (C=O) groups excluding carboxylic acids is 1. The highest BCUT2D eigenvalue weighted by atomic mass is 35.5. The van der Waals surface area contributed by atoms with E-state index < -0.39 is 0 Å². The molecule has 0 radical (unpaired) electrons. The van der Waals surface area contributed by atoms with E-state index in [2.05, 4.69) is 17.6 Å². The maximum Gasteiger partial charge on any atom is 0.234 e. The van der Waals surface area contributed by atoms with E-state index in [4.69, 9.17) is 4.74 Å². The predicted octanol–water partition coefficient (Wildman–Crippen LogP) is 1.34. The minimum absolute atomic E-state index is 0. The van der Waals surface area contributed by atoms with Crippen LogP contribution in [0.1, 0.15) is 32.6 Å². The van der Waals surface area contributed by atoms with Crippen LogP contribution in [0.15, 0.2) is 0 Å². The summed E-state index contributed by atoms with van der Waals surface area (Å²) >= 11 is 0. The second kappa shape index (κ2) is 9.68. The summed E-state index contributed by atoms with van der Waals surface area (Å²) in [5, 5.41) is 6.17. The number of hydrogen-bond acceptors (Lipinski definition) is 3. The summed E-state index contributed by atoms with van der Waals surface area (Å²) in [5.74, 6) is 0.796. The number of hydrogen-bond donors (Lipinski definition) is 2. The Balaban J connectivity index is 0.00000256. The lowest BCUT2D eigenvalue weighted by Gasteiger charge is -2.19. The number of methoxy groups -OCH3 is 1. The van der Waals surface area contributed by atoms with E-state index in [1.165, 1.54) is 19.3 Å². The molecule has 2 atom stereocenters. The van der Waals surface area contributed by atoms with Gasteiger partial charge >= 0.3 is 0 Å². The maximum atomic E-state index is 11.6. The fraction of sp³-hybridized carbons (Fsp3) is 0.917. The summed E-state index contributed by atoms with van der Waals surface area (Å²) in [6.45, 7) is 3.97. The first-order valence-corrected chi connectivity index (χ1v) is 6.27. The number of carbonyl (C=O) groups is 1. The lowest BCUT2D eigenvalue weighted by atomic mass is 10.0. The number of halogens is 1. The Morgan fingerprint density at radius 1 is 1.41 bits per heavy atom. The Morgan fingerprint density at radius 2 is 2.18 bits per heavy atom. The lowest BCUT2D eigenvalue weighted by molar-refractivity contribution is -0.121. The number of ether oxygens (including phenoxy) is 1. The van der Waals surface area contributed by atoms with Crippen molar-refractivity contribution >= 4 is 18.3 Å². The van der Waals surface area contributed by atoms with Crippen molar-refractivity contribution in [3.05, 3.63) is 0 Å². The van der Waals surface area contributed by atoms with E-state index >= 15 is 0 Å². The van der Waals surface area contributed by atoms with Crippen molar-refractivity contribution in [2.75, 3.05) is 26.8 Å². The molecule has 0 saturated heterocycles. The Labute approximate surface area is 110 Å². The normalized spacial score (nSPS) is 23.2. The number of rotatable bonds is 7. The van der Waals surface area contributed by atoms with Crippen molar-refractivity contribution in [3.63, 3.8) is 0 Å². The smallest absolute Gasteiger partial charge is 0.234 e. The van der Waals surface area contributed by atoms with Gasteiger partial charge in [-0.15, -0.1) is 12.4 Å². The van der Waals surface area contributed by atoms with Gasteiger partial charge in [-0.1, -0.05) is 19.8 Å². The fourth-order valence-electron chi connectivity index (χ4n) is 2.35. The topological polar surface area (TPSA) is 50.4 Å². The molecular weight excluding hydrogens is 240 g/mol. The van der Waals surface area contributed by atoms with Gasteiger partial charge in [0.15, 0.2) is 0 Å². The van der Waals surface area contributed by atoms with E-state index in [1.54, 1.807) is 7.11 Å². The highest BCUT2D eigenvalue weighted by molar-refractivity contribution is 5.85. The van der Waals surface area contributed by atoms with E-state index in [0.717, 1.165) is 13.0 Å². The van der Waals surface area contributed by atoms with Gasteiger partial charge in [-0.2, -0.15) is 0 Å². The Bertz CT molecular complexity index is 215. The molecule has 102 valence electrons. The maximum absolute atomic E-state index is 11.6. The SMILES string of the molecule is CCC1CCCC1NC(=O)CNCCOC.Cl. The third-order valence-corrected chi connectivity index (χ3v) is 3.30. The first-order chi connectivity index (χ1) is 7.77. The molecule has 1 amide bonds. The zero-order valence-electron chi connectivity index (χ0n) is 10.8. The molecule has 2 unspecified atom stereocenters. The van der Waals surface area contributed by atoms with E-state index in [9.17, 15) is 4.79 Å². The molecule has 1 fully saturated rings. The summed E-state index contributed by atoms with van der Waals surface area (Å²) in [7, 11) is 1.66. The standard InChI is InChI=1S/C12H24N2O2.ClH/c1-3-10-5-4-6-11(10)14-12(15)9-13-7-8-16-2;/h10-11,13H,3-9H2,1-2H3,(H,14,15);1H. The average molecular weight is 265 g/mol. The monoisotopic (exact) mass is 264 g/mol. The molecular formula is C12H25ClN2O2. The second-order valence-electron chi connectivity index (χ2n) is 4.44. The molecule has 1 aliphatic carbocycles. The van der Waals surface area contributed by atoms with Gasteiger partial charge in [-0.3, -0.25) is 4.79 Å². The summed E-state index contributed by atoms with van der Waals surface area (Å²) < 4.78 is 4.90. The van der Waals surface area contributed by atoms with Crippen LogP contribution >= 0.6 is 12.4 Å². The molecule has 1 rings (SSSR count). The molecule has 0 heterocycles. The molecule has 17 heavy (non-hydrogen) atoms. The summed E-state index contributed by atoms with van der Waals surface area (Å²) in [6.07, 6.45) is 4.82. The highest BCUT2D eigenvalue weighted by Gasteiger charge is 2.26. The van der Waals surface area contributed by atoms with Crippen molar-refractivity contribution in [2.24, 2.45) is 5.92 Å². The molecule has 1 saturated carbocycles. The van der Waals surface area contributed by atoms with Crippen LogP contribution in [0.4, 0.5) is 0 Å². The quantitative estimate of drug-likeness (QED) is 0.683. The van der Waals surface area contributed by atoms with E-state index in [1.807, 2.05) is 0 Å². The molecule has 0 aliphatic heterocycles. The molecule has 0 aromatic rings. The number of nitrogens with one attached hydrogen (secondary N) is 2. The predicted molar refractivity (Wildman–Crippen MR) is 71.6 cm³/mol.